The highest BCUT2D eigenvalue weighted by atomic mass is 32.2. The number of rotatable bonds is 3. The van der Waals surface area contributed by atoms with Crippen molar-refractivity contribution in [1.29, 1.82) is 0 Å². The first-order valence-corrected chi connectivity index (χ1v) is 4.96. The molecule has 0 saturated heterocycles. The van der Waals surface area contributed by atoms with Crippen molar-refractivity contribution in [3.8, 4) is 0 Å². The quantitative estimate of drug-likeness (QED) is 0.472. The van der Waals surface area contributed by atoms with Crippen molar-refractivity contribution in [3.63, 3.8) is 0 Å². The summed E-state index contributed by atoms with van der Waals surface area (Å²) < 4.78 is 0. The van der Waals surface area contributed by atoms with Crippen molar-refractivity contribution in [2.75, 3.05) is 5.73 Å². The second-order valence-electron chi connectivity index (χ2n) is 2.99. The minimum Gasteiger partial charge on any atom is -0.392 e. The van der Waals surface area contributed by atoms with Crippen molar-refractivity contribution >= 4 is 23.3 Å². The Balaban J connectivity index is 3.00. The molecule has 0 radical (unpaired) electrons. The Morgan fingerprint density at radius 1 is 1.57 bits per heavy atom. The monoisotopic (exact) mass is 213 g/mol. The van der Waals surface area contributed by atoms with Crippen LogP contribution in [0.5, 0.6) is 0 Å². The molecule has 2 N–H and O–H groups in total. The number of hydrogen-bond donors (Lipinski definition) is 1. The normalized spacial score (nSPS) is 10.5. The van der Waals surface area contributed by atoms with Gasteiger partial charge in [-0.15, -0.1) is 0 Å². The number of nitrogen functional groups attached to an aromatic ring is 1. The largest absolute Gasteiger partial charge is 0.392 e. The summed E-state index contributed by atoms with van der Waals surface area (Å²) in [5, 5.41) is 11.5. The van der Waals surface area contributed by atoms with Crippen molar-refractivity contribution in [1.82, 2.24) is 4.98 Å². The van der Waals surface area contributed by atoms with Gasteiger partial charge in [-0.25, -0.2) is 0 Å². The maximum absolute atomic E-state index is 10.5. The maximum Gasteiger partial charge on any atom is 0.387 e. The molecule has 0 saturated carbocycles. The molecule has 0 amide bonds. The van der Waals surface area contributed by atoms with Gasteiger partial charge in [-0.2, -0.15) is 0 Å². The lowest BCUT2D eigenvalue weighted by atomic mass is 10.4. The predicted octanol–water partition coefficient (Wildman–Crippen LogP) is 2.07. The summed E-state index contributed by atoms with van der Waals surface area (Å²) in [6.07, 6.45) is 0. The Labute approximate surface area is 85.9 Å². The van der Waals surface area contributed by atoms with Gasteiger partial charge < -0.3 is 15.8 Å². The van der Waals surface area contributed by atoms with Crippen LogP contribution in [0.4, 0.5) is 11.5 Å². The summed E-state index contributed by atoms with van der Waals surface area (Å²) in [6, 6.07) is 3.20. The lowest BCUT2D eigenvalue weighted by molar-refractivity contribution is -0.388. The van der Waals surface area contributed by atoms with E-state index in [1.165, 1.54) is 17.8 Å². The van der Waals surface area contributed by atoms with Crippen LogP contribution >= 0.6 is 11.8 Å². The van der Waals surface area contributed by atoms with E-state index in [2.05, 4.69) is 4.98 Å². The fourth-order valence-corrected chi connectivity index (χ4v) is 1.66. The number of hydrogen-bond acceptors (Lipinski definition) is 5. The summed E-state index contributed by atoms with van der Waals surface area (Å²) in [5.41, 5.74) is 5.51. The van der Waals surface area contributed by atoms with Gasteiger partial charge in [0.25, 0.3) is 0 Å². The van der Waals surface area contributed by atoms with Gasteiger partial charge in [0.1, 0.15) is 5.69 Å². The van der Waals surface area contributed by atoms with E-state index in [0.717, 1.165) is 0 Å². The Kier molecular flexibility index (Phi) is 3.29. The molecule has 1 aromatic heterocycles. The van der Waals surface area contributed by atoms with Gasteiger partial charge in [0.2, 0.25) is 5.03 Å². The Bertz CT molecular complexity index is 354. The van der Waals surface area contributed by atoms with E-state index < -0.39 is 4.92 Å². The molecule has 1 rings (SSSR count). The molecule has 76 valence electrons. The van der Waals surface area contributed by atoms with E-state index in [0.29, 0.717) is 10.3 Å². The van der Waals surface area contributed by atoms with E-state index in [-0.39, 0.29) is 11.5 Å². The molecular formula is C8H11N3O2S. The number of pyridine rings is 1. The van der Waals surface area contributed by atoms with Crippen LogP contribution in [0, 0.1) is 10.1 Å². The first kappa shape index (κ1) is 10.8. The highest BCUT2D eigenvalue weighted by molar-refractivity contribution is 7.99. The van der Waals surface area contributed by atoms with Gasteiger partial charge in [-0.3, -0.25) is 0 Å². The van der Waals surface area contributed by atoms with Crippen LogP contribution in [0.3, 0.4) is 0 Å². The third kappa shape index (κ3) is 2.59. The van der Waals surface area contributed by atoms with Gasteiger partial charge in [0, 0.05) is 5.25 Å². The third-order valence-corrected chi connectivity index (χ3v) is 2.35. The molecule has 0 bridgehead atoms. The number of thioether (sulfide) groups is 1. The van der Waals surface area contributed by atoms with E-state index in [9.17, 15) is 10.1 Å². The molecule has 0 aromatic carbocycles. The molecule has 1 aromatic rings. The van der Waals surface area contributed by atoms with E-state index in [1.54, 1.807) is 6.07 Å². The van der Waals surface area contributed by atoms with Crippen LogP contribution in [-0.2, 0) is 0 Å². The van der Waals surface area contributed by atoms with Crippen molar-refractivity contribution in [2.24, 2.45) is 0 Å². The predicted molar refractivity (Wildman–Crippen MR) is 56.3 cm³/mol. The lowest BCUT2D eigenvalue weighted by Crippen LogP contribution is -2.00. The smallest absolute Gasteiger partial charge is 0.387 e. The Morgan fingerprint density at radius 2 is 2.21 bits per heavy atom. The lowest BCUT2D eigenvalue weighted by Gasteiger charge is -2.01. The first-order valence-electron chi connectivity index (χ1n) is 4.08. The molecular weight excluding hydrogens is 202 g/mol. The topological polar surface area (TPSA) is 82.0 Å². The number of aromatic nitrogens is 1. The van der Waals surface area contributed by atoms with Crippen LogP contribution in [0.1, 0.15) is 13.8 Å². The third-order valence-electron chi connectivity index (χ3n) is 1.41. The maximum atomic E-state index is 10.5. The van der Waals surface area contributed by atoms with Gasteiger partial charge in [-0.05, 0) is 22.0 Å². The van der Waals surface area contributed by atoms with Crippen LogP contribution in [-0.4, -0.2) is 15.2 Å². The van der Waals surface area contributed by atoms with Crippen molar-refractivity contribution in [2.45, 2.75) is 24.1 Å². The molecule has 0 aliphatic carbocycles. The zero-order valence-electron chi connectivity index (χ0n) is 7.93. The Morgan fingerprint density at radius 3 is 2.71 bits per heavy atom. The fraction of sp³-hybridized carbons (Fsp3) is 0.375. The van der Waals surface area contributed by atoms with Crippen LogP contribution in [0.25, 0.3) is 0 Å². The van der Waals surface area contributed by atoms with Crippen molar-refractivity contribution < 1.29 is 4.92 Å². The molecule has 0 aliphatic rings. The number of nitro groups is 1. The van der Waals surface area contributed by atoms with E-state index in [1.807, 2.05) is 13.8 Å². The van der Waals surface area contributed by atoms with Crippen molar-refractivity contribution in [3.05, 3.63) is 22.2 Å². The number of anilines is 1. The van der Waals surface area contributed by atoms with E-state index >= 15 is 0 Å². The number of nitrogens with two attached hydrogens (primary N) is 1. The minimum absolute atomic E-state index is 0.100. The molecule has 1 heterocycles. The molecule has 5 nitrogen and oxygen atoms in total. The summed E-state index contributed by atoms with van der Waals surface area (Å²) in [5.74, 6) is -0.268. The minimum atomic E-state index is -0.570. The summed E-state index contributed by atoms with van der Waals surface area (Å²) in [6.45, 7) is 3.99. The van der Waals surface area contributed by atoms with E-state index in [4.69, 9.17) is 5.73 Å². The molecule has 0 atom stereocenters. The highest BCUT2D eigenvalue weighted by Crippen LogP contribution is 2.26. The summed E-state index contributed by atoms with van der Waals surface area (Å²) in [7, 11) is 0. The molecule has 0 unspecified atom stereocenters. The van der Waals surface area contributed by atoms with Gasteiger partial charge in [-0.1, -0.05) is 25.6 Å². The Hall–Kier alpha value is -1.30. The van der Waals surface area contributed by atoms with Gasteiger partial charge in [0.15, 0.2) is 0 Å². The molecule has 0 fully saturated rings. The first-order chi connectivity index (χ1) is 6.50. The second kappa shape index (κ2) is 4.28. The summed E-state index contributed by atoms with van der Waals surface area (Å²) >= 11 is 1.47. The second-order valence-corrected chi connectivity index (χ2v) is 4.58. The highest BCUT2D eigenvalue weighted by Gasteiger charge is 2.15. The zero-order valence-corrected chi connectivity index (χ0v) is 8.75. The average molecular weight is 213 g/mol. The number of nitrogens with zero attached hydrogens (tertiary/aromatic N) is 2. The van der Waals surface area contributed by atoms with Crippen LogP contribution in [0.2, 0.25) is 0 Å². The standard InChI is InChI=1S/C8H11N3O2S/c1-5(2)14-7-4-3-6(9)8(10-7)11(12)13/h3-5H,9H2,1-2H3. The van der Waals surface area contributed by atoms with Crippen LogP contribution < -0.4 is 5.73 Å². The van der Waals surface area contributed by atoms with Gasteiger partial charge >= 0.3 is 5.82 Å². The van der Waals surface area contributed by atoms with Crippen LogP contribution in [0.15, 0.2) is 17.2 Å². The molecule has 0 aliphatic heterocycles. The SMILES string of the molecule is CC(C)Sc1ccc(N)c([N+](=O)[O-])n1. The molecule has 0 spiro atoms. The summed E-state index contributed by atoms with van der Waals surface area (Å²) in [4.78, 5) is 13.8. The van der Waals surface area contributed by atoms with Gasteiger partial charge in [0.05, 0.1) is 0 Å². The fourth-order valence-electron chi connectivity index (χ4n) is 0.895. The zero-order chi connectivity index (χ0) is 10.7. The molecule has 14 heavy (non-hydrogen) atoms. The average Bonchev–Trinajstić information content (AvgIpc) is 2.07. The molecule has 6 heteroatoms.